The molecule has 0 radical (unpaired) electrons. The minimum absolute atomic E-state index is 0.198. The molecular weight excluding hydrogens is 357 g/mol. The topological polar surface area (TPSA) is 79.8 Å². The number of para-hydroxylation sites is 1. The lowest BCUT2D eigenvalue weighted by Crippen LogP contribution is -2.24. The van der Waals surface area contributed by atoms with Crippen LogP contribution in [0.3, 0.4) is 0 Å². The lowest BCUT2D eigenvalue weighted by atomic mass is 10.2. The maximum absolute atomic E-state index is 12.9. The monoisotopic (exact) mass is 373 g/mol. The highest BCUT2D eigenvalue weighted by Crippen LogP contribution is 2.23. The summed E-state index contributed by atoms with van der Waals surface area (Å²) in [5.41, 5.74) is 2.63. The van der Waals surface area contributed by atoms with Crippen LogP contribution in [-0.2, 0) is 6.54 Å². The zero-order valence-corrected chi connectivity index (χ0v) is 14.8. The van der Waals surface area contributed by atoms with Crippen molar-refractivity contribution in [2.24, 2.45) is 0 Å². The molecule has 2 heterocycles. The van der Waals surface area contributed by atoms with E-state index in [1.807, 2.05) is 30.3 Å². The molecule has 2 N–H and O–H groups in total. The number of benzene rings is 2. The van der Waals surface area contributed by atoms with Crippen molar-refractivity contribution in [2.75, 3.05) is 5.32 Å². The Morgan fingerprint density at radius 3 is 2.54 bits per heavy atom. The Labute approximate surface area is 160 Å². The van der Waals surface area contributed by atoms with Crippen LogP contribution in [-0.4, -0.2) is 21.1 Å². The summed E-state index contributed by atoms with van der Waals surface area (Å²) in [6, 6.07) is 18.9. The fraction of sp³-hybridized carbons (Fsp3) is 0.0476. The van der Waals surface area contributed by atoms with Crippen LogP contribution in [0.2, 0.25) is 0 Å². The summed E-state index contributed by atoms with van der Waals surface area (Å²) in [4.78, 5) is 16.6. The largest absolute Gasteiger partial charge is 0.347 e. The number of aromatic nitrogens is 3. The Balaban J connectivity index is 1.43. The lowest BCUT2D eigenvalue weighted by Gasteiger charge is -2.08. The second-order valence-electron chi connectivity index (χ2n) is 6.12. The Bertz CT molecular complexity index is 1110. The van der Waals surface area contributed by atoms with Crippen LogP contribution in [0, 0.1) is 5.82 Å². The number of fused-ring (bicyclic) bond motifs is 1. The zero-order chi connectivity index (χ0) is 19.3. The summed E-state index contributed by atoms with van der Waals surface area (Å²) in [7, 11) is 0. The van der Waals surface area contributed by atoms with E-state index in [0.717, 1.165) is 22.2 Å². The molecule has 0 saturated heterocycles. The molecule has 7 heteroatoms. The van der Waals surface area contributed by atoms with Gasteiger partial charge in [-0.3, -0.25) is 9.78 Å². The van der Waals surface area contributed by atoms with Crippen molar-refractivity contribution in [1.82, 2.24) is 20.5 Å². The standard InChI is InChI=1S/C21H16FN5O/c22-16-8-6-14(7-9-16)13-24-21(28)18-10-11-19(27-26-18)25-17-5-1-3-15-4-2-12-23-20(15)17/h1-12H,13H2,(H,24,28)(H,25,27). The maximum atomic E-state index is 12.9. The van der Waals surface area contributed by atoms with Gasteiger partial charge in [-0.1, -0.05) is 30.3 Å². The van der Waals surface area contributed by atoms with E-state index in [9.17, 15) is 9.18 Å². The van der Waals surface area contributed by atoms with Gasteiger partial charge in [-0.25, -0.2) is 4.39 Å². The molecule has 6 nitrogen and oxygen atoms in total. The molecule has 0 unspecified atom stereocenters. The van der Waals surface area contributed by atoms with Crippen molar-refractivity contribution in [3.05, 3.63) is 90.0 Å². The molecule has 4 aromatic rings. The van der Waals surface area contributed by atoms with Crippen molar-refractivity contribution in [1.29, 1.82) is 0 Å². The molecule has 0 saturated carbocycles. The molecule has 28 heavy (non-hydrogen) atoms. The Hall–Kier alpha value is -3.87. The number of carbonyl (C=O) groups excluding carboxylic acids is 1. The van der Waals surface area contributed by atoms with Gasteiger partial charge in [-0.05, 0) is 42.0 Å². The van der Waals surface area contributed by atoms with Gasteiger partial charge in [0.15, 0.2) is 11.5 Å². The molecule has 0 aliphatic rings. The average molecular weight is 373 g/mol. The minimum Gasteiger partial charge on any atom is -0.347 e. The molecule has 2 aromatic heterocycles. The molecule has 2 aromatic carbocycles. The highest BCUT2D eigenvalue weighted by atomic mass is 19.1. The van der Waals surface area contributed by atoms with E-state index in [2.05, 4.69) is 25.8 Å². The fourth-order valence-corrected chi connectivity index (χ4v) is 2.74. The van der Waals surface area contributed by atoms with Gasteiger partial charge in [0.25, 0.3) is 5.91 Å². The van der Waals surface area contributed by atoms with E-state index in [1.54, 1.807) is 30.5 Å². The van der Waals surface area contributed by atoms with Crippen molar-refractivity contribution >= 4 is 28.3 Å². The summed E-state index contributed by atoms with van der Waals surface area (Å²) >= 11 is 0. The van der Waals surface area contributed by atoms with Gasteiger partial charge in [-0.15, -0.1) is 10.2 Å². The normalized spacial score (nSPS) is 10.6. The SMILES string of the molecule is O=C(NCc1ccc(F)cc1)c1ccc(Nc2cccc3cccnc23)nn1. The summed E-state index contributed by atoms with van der Waals surface area (Å²) in [5.74, 6) is -0.158. The quantitative estimate of drug-likeness (QED) is 0.556. The molecule has 0 fully saturated rings. The first kappa shape index (κ1) is 17.5. The summed E-state index contributed by atoms with van der Waals surface area (Å²) in [6.07, 6.45) is 1.73. The van der Waals surface area contributed by atoms with E-state index < -0.39 is 0 Å². The smallest absolute Gasteiger partial charge is 0.272 e. The minimum atomic E-state index is -0.352. The van der Waals surface area contributed by atoms with E-state index in [-0.39, 0.29) is 24.0 Å². The fourth-order valence-electron chi connectivity index (χ4n) is 2.74. The van der Waals surface area contributed by atoms with Crippen LogP contribution in [0.4, 0.5) is 15.9 Å². The van der Waals surface area contributed by atoms with Crippen molar-refractivity contribution < 1.29 is 9.18 Å². The first-order valence-electron chi connectivity index (χ1n) is 8.66. The van der Waals surface area contributed by atoms with Crippen LogP contribution >= 0.6 is 0 Å². The predicted octanol–water partition coefficient (Wildman–Crippen LogP) is 3.84. The van der Waals surface area contributed by atoms with Gasteiger partial charge in [-0.2, -0.15) is 0 Å². The third-order valence-corrected chi connectivity index (χ3v) is 4.16. The molecule has 0 bridgehead atoms. The number of hydrogen-bond donors (Lipinski definition) is 2. The van der Waals surface area contributed by atoms with Crippen molar-refractivity contribution in [3.63, 3.8) is 0 Å². The number of rotatable bonds is 5. The first-order valence-corrected chi connectivity index (χ1v) is 8.66. The number of amides is 1. The van der Waals surface area contributed by atoms with E-state index in [4.69, 9.17) is 0 Å². The number of pyridine rings is 1. The van der Waals surface area contributed by atoms with Crippen molar-refractivity contribution in [2.45, 2.75) is 6.54 Å². The van der Waals surface area contributed by atoms with E-state index in [0.29, 0.717) is 5.82 Å². The second-order valence-corrected chi connectivity index (χ2v) is 6.12. The maximum Gasteiger partial charge on any atom is 0.272 e. The zero-order valence-electron chi connectivity index (χ0n) is 14.8. The van der Waals surface area contributed by atoms with Gasteiger partial charge in [0.05, 0.1) is 11.2 Å². The number of halogens is 1. The Kier molecular flexibility index (Phi) is 4.88. The van der Waals surface area contributed by atoms with Gasteiger partial charge in [0, 0.05) is 18.1 Å². The number of carbonyl (C=O) groups is 1. The molecule has 0 spiro atoms. The molecule has 1 amide bonds. The molecule has 0 aliphatic carbocycles. The molecular formula is C21H16FN5O. The van der Waals surface area contributed by atoms with E-state index >= 15 is 0 Å². The molecule has 0 atom stereocenters. The van der Waals surface area contributed by atoms with Crippen LogP contribution in [0.5, 0.6) is 0 Å². The van der Waals surface area contributed by atoms with E-state index in [1.165, 1.54) is 12.1 Å². The highest BCUT2D eigenvalue weighted by molar-refractivity contribution is 5.93. The van der Waals surface area contributed by atoms with Gasteiger partial charge >= 0.3 is 0 Å². The molecule has 0 aliphatic heterocycles. The first-order chi connectivity index (χ1) is 13.7. The summed E-state index contributed by atoms with van der Waals surface area (Å²) < 4.78 is 12.9. The highest BCUT2D eigenvalue weighted by Gasteiger charge is 2.09. The summed E-state index contributed by atoms with van der Waals surface area (Å²) in [5, 5.41) is 15.0. The third kappa shape index (κ3) is 3.93. The van der Waals surface area contributed by atoms with Gasteiger partial charge < -0.3 is 10.6 Å². The Morgan fingerprint density at radius 1 is 0.929 bits per heavy atom. The van der Waals surface area contributed by atoms with Crippen molar-refractivity contribution in [3.8, 4) is 0 Å². The number of nitrogens with one attached hydrogen (secondary N) is 2. The van der Waals surface area contributed by atoms with Crippen LogP contribution in [0.15, 0.2) is 72.9 Å². The van der Waals surface area contributed by atoms with Crippen LogP contribution in [0.25, 0.3) is 10.9 Å². The summed E-state index contributed by atoms with van der Waals surface area (Å²) in [6.45, 7) is 0.280. The number of anilines is 2. The van der Waals surface area contributed by atoms with Gasteiger partial charge in [0.2, 0.25) is 0 Å². The third-order valence-electron chi connectivity index (χ3n) is 4.16. The van der Waals surface area contributed by atoms with Crippen LogP contribution in [0.1, 0.15) is 16.1 Å². The average Bonchev–Trinajstić information content (AvgIpc) is 2.74. The molecule has 4 rings (SSSR count). The number of nitrogens with zero attached hydrogens (tertiary/aromatic N) is 3. The molecule has 138 valence electrons. The van der Waals surface area contributed by atoms with Gasteiger partial charge in [0.1, 0.15) is 5.82 Å². The number of hydrogen-bond acceptors (Lipinski definition) is 5. The van der Waals surface area contributed by atoms with Crippen LogP contribution < -0.4 is 10.6 Å². The second kappa shape index (κ2) is 7.79. The lowest BCUT2D eigenvalue weighted by molar-refractivity contribution is 0.0945. The predicted molar refractivity (Wildman–Crippen MR) is 105 cm³/mol. The Morgan fingerprint density at radius 2 is 1.75 bits per heavy atom.